The number of hydrogen-bond acceptors (Lipinski definition) is 7. The molecule has 5 aromatic rings. The van der Waals surface area contributed by atoms with E-state index < -0.39 is 0 Å². The molecule has 1 aliphatic rings. The van der Waals surface area contributed by atoms with Gasteiger partial charge < -0.3 is 18.8 Å². The summed E-state index contributed by atoms with van der Waals surface area (Å²) in [6.07, 6.45) is 4.08. The number of ether oxygens (including phenoxy) is 3. The van der Waals surface area contributed by atoms with E-state index in [0.717, 1.165) is 23.3 Å². The maximum Gasteiger partial charge on any atom is 0.261 e. The van der Waals surface area contributed by atoms with E-state index >= 15 is 0 Å². The van der Waals surface area contributed by atoms with E-state index in [2.05, 4.69) is 15.1 Å². The topological polar surface area (TPSA) is 92.8 Å². The third-order valence-corrected chi connectivity index (χ3v) is 5.91. The molecule has 9 heteroatoms. The van der Waals surface area contributed by atoms with Crippen LogP contribution < -0.4 is 19.8 Å². The molecule has 0 saturated heterocycles. The molecule has 4 heterocycles. The second-order valence-electron chi connectivity index (χ2n) is 7.98. The standard InChI is InChI=1S/C25H21N5O4/c1-32-18-5-2-16(3-6-18)8-10-29-11-9-20-19(24(29)31)15-26-25-27-23(28-30(20)25)17-4-7-21-22(14-17)34-13-12-33-21/h2-7,9,11,14-15H,8,10,12-13H2,1H3. The summed E-state index contributed by atoms with van der Waals surface area (Å²) in [7, 11) is 1.64. The summed E-state index contributed by atoms with van der Waals surface area (Å²) in [6.45, 7) is 1.59. The van der Waals surface area contributed by atoms with Crippen LogP contribution in [0.5, 0.6) is 17.2 Å². The lowest BCUT2D eigenvalue weighted by atomic mass is 10.1. The Morgan fingerprint density at radius 3 is 2.68 bits per heavy atom. The van der Waals surface area contributed by atoms with Crippen LogP contribution >= 0.6 is 0 Å². The predicted molar refractivity (Wildman–Crippen MR) is 126 cm³/mol. The van der Waals surface area contributed by atoms with Crippen molar-refractivity contribution in [2.24, 2.45) is 0 Å². The molecule has 0 N–H and O–H groups in total. The lowest BCUT2D eigenvalue weighted by Crippen LogP contribution is -2.21. The highest BCUT2D eigenvalue weighted by molar-refractivity contribution is 5.79. The zero-order valence-electron chi connectivity index (χ0n) is 18.5. The number of aromatic nitrogens is 5. The quantitative estimate of drug-likeness (QED) is 0.402. The highest BCUT2D eigenvalue weighted by atomic mass is 16.6. The molecule has 34 heavy (non-hydrogen) atoms. The summed E-state index contributed by atoms with van der Waals surface area (Å²) in [6, 6.07) is 15.3. The van der Waals surface area contributed by atoms with Gasteiger partial charge in [-0.1, -0.05) is 12.1 Å². The summed E-state index contributed by atoms with van der Waals surface area (Å²) in [5, 5.41) is 5.12. The van der Waals surface area contributed by atoms with Crippen LogP contribution in [-0.2, 0) is 13.0 Å². The van der Waals surface area contributed by atoms with Crippen LogP contribution in [0.15, 0.2) is 65.7 Å². The smallest absolute Gasteiger partial charge is 0.261 e. The van der Waals surface area contributed by atoms with Crippen molar-refractivity contribution in [3.8, 4) is 28.6 Å². The molecule has 0 aliphatic carbocycles. The van der Waals surface area contributed by atoms with Gasteiger partial charge in [0.05, 0.1) is 18.0 Å². The zero-order chi connectivity index (χ0) is 23.1. The first-order chi connectivity index (χ1) is 16.7. The number of benzene rings is 2. The number of fused-ring (bicyclic) bond motifs is 4. The Balaban J connectivity index is 1.33. The number of hydrogen-bond donors (Lipinski definition) is 0. The monoisotopic (exact) mass is 455 g/mol. The molecule has 0 spiro atoms. The minimum atomic E-state index is -0.114. The van der Waals surface area contributed by atoms with Gasteiger partial charge in [0.1, 0.15) is 19.0 Å². The van der Waals surface area contributed by atoms with Crippen LogP contribution in [0.2, 0.25) is 0 Å². The van der Waals surface area contributed by atoms with Crippen molar-refractivity contribution >= 4 is 16.7 Å². The number of rotatable bonds is 5. The van der Waals surface area contributed by atoms with E-state index in [4.69, 9.17) is 14.2 Å². The molecule has 0 amide bonds. The van der Waals surface area contributed by atoms with Crippen LogP contribution in [0.3, 0.4) is 0 Å². The molecule has 0 atom stereocenters. The minimum absolute atomic E-state index is 0.114. The molecule has 3 aromatic heterocycles. The van der Waals surface area contributed by atoms with Crippen molar-refractivity contribution in [3.05, 3.63) is 76.8 Å². The lowest BCUT2D eigenvalue weighted by molar-refractivity contribution is 0.171. The normalized spacial score (nSPS) is 12.9. The van der Waals surface area contributed by atoms with E-state index in [-0.39, 0.29) is 5.56 Å². The predicted octanol–water partition coefficient (Wildman–Crippen LogP) is 3.13. The van der Waals surface area contributed by atoms with Gasteiger partial charge in [-0.3, -0.25) is 4.79 Å². The van der Waals surface area contributed by atoms with Gasteiger partial charge in [-0.15, -0.1) is 5.10 Å². The molecule has 6 rings (SSSR count). The number of nitrogens with zero attached hydrogens (tertiary/aromatic N) is 5. The van der Waals surface area contributed by atoms with Gasteiger partial charge in [0, 0.05) is 24.5 Å². The van der Waals surface area contributed by atoms with E-state index in [9.17, 15) is 4.79 Å². The molecule has 1 aliphatic heterocycles. The molecule has 9 nitrogen and oxygen atoms in total. The Morgan fingerprint density at radius 1 is 1.03 bits per heavy atom. The average molecular weight is 455 g/mol. The van der Waals surface area contributed by atoms with Crippen LogP contribution in [-0.4, -0.2) is 44.5 Å². The van der Waals surface area contributed by atoms with Crippen LogP contribution in [0, 0.1) is 0 Å². The summed E-state index contributed by atoms with van der Waals surface area (Å²) in [5.41, 5.74) is 2.46. The van der Waals surface area contributed by atoms with Gasteiger partial charge in [-0.2, -0.15) is 9.50 Å². The Bertz CT molecular complexity index is 1570. The fraction of sp³-hybridized carbons (Fsp3) is 0.200. The Morgan fingerprint density at radius 2 is 1.85 bits per heavy atom. The molecular weight excluding hydrogens is 434 g/mol. The van der Waals surface area contributed by atoms with Gasteiger partial charge in [0.25, 0.3) is 11.3 Å². The Kier molecular flexibility index (Phi) is 4.87. The van der Waals surface area contributed by atoms with Crippen molar-refractivity contribution in [3.63, 3.8) is 0 Å². The molecule has 2 aromatic carbocycles. The minimum Gasteiger partial charge on any atom is -0.497 e. The van der Waals surface area contributed by atoms with Crippen molar-refractivity contribution in [1.82, 2.24) is 24.1 Å². The molecule has 0 unspecified atom stereocenters. The molecule has 0 fully saturated rings. The molecule has 0 saturated carbocycles. The van der Waals surface area contributed by atoms with E-state index in [1.807, 2.05) is 48.5 Å². The van der Waals surface area contributed by atoms with Gasteiger partial charge in [-0.25, -0.2) is 4.98 Å². The first-order valence-corrected chi connectivity index (χ1v) is 11.0. The highest BCUT2D eigenvalue weighted by Crippen LogP contribution is 2.33. The first kappa shape index (κ1) is 20.2. The van der Waals surface area contributed by atoms with E-state index in [1.54, 1.807) is 28.6 Å². The third-order valence-electron chi connectivity index (χ3n) is 5.91. The molecular formula is C25H21N5O4. The fourth-order valence-electron chi connectivity index (χ4n) is 4.08. The fourth-order valence-corrected chi connectivity index (χ4v) is 4.08. The van der Waals surface area contributed by atoms with Crippen molar-refractivity contribution in [2.45, 2.75) is 13.0 Å². The Labute approximate surface area is 194 Å². The summed E-state index contributed by atoms with van der Waals surface area (Å²) < 4.78 is 19.8. The maximum absolute atomic E-state index is 13.1. The second kappa shape index (κ2) is 8.18. The van der Waals surface area contributed by atoms with Gasteiger partial charge in [-0.05, 0) is 48.4 Å². The van der Waals surface area contributed by atoms with Gasteiger partial charge in [0.15, 0.2) is 17.3 Å². The SMILES string of the molecule is COc1ccc(CCn2ccc3c(cnc4nc(-c5ccc6c(c5)OCCO6)nn43)c2=O)cc1. The van der Waals surface area contributed by atoms with Crippen LogP contribution in [0.4, 0.5) is 0 Å². The van der Waals surface area contributed by atoms with Crippen LogP contribution in [0.25, 0.3) is 28.1 Å². The lowest BCUT2D eigenvalue weighted by Gasteiger charge is -2.18. The van der Waals surface area contributed by atoms with Gasteiger partial charge in [0.2, 0.25) is 0 Å². The summed E-state index contributed by atoms with van der Waals surface area (Å²) in [5.74, 6) is 3.11. The van der Waals surface area contributed by atoms with E-state index in [1.165, 1.54) is 0 Å². The highest BCUT2D eigenvalue weighted by Gasteiger charge is 2.16. The molecule has 0 radical (unpaired) electrons. The largest absolute Gasteiger partial charge is 0.497 e. The third kappa shape index (κ3) is 3.51. The van der Waals surface area contributed by atoms with Crippen LogP contribution in [0.1, 0.15) is 5.56 Å². The molecule has 0 bridgehead atoms. The number of pyridine rings is 1. The summed E-state index contributed by atoms with van der Waals surface area (Å²) >= 11 is 0. The molecule has 170 valence electrons. The van der Waals surface area contributed by atoms with Crippen molar-refractivity contribution in [1.29, 1.82) is 0 Å². The van der Waals surface area contributed by atoms with Crippen molar-refractivity contribution < 1.29 is 14.2 Å². The Hall–Kier alpha value is -4.40. The van der Waals surface area contributed by atoms with E-state index in [0.29, 0.717) is 53.8 Å². The number of aryl methyl sites for hydroxylation is 2. The maximum atomic E-state index is 13.1. The number of methoxy groups -OCH3 is 1. The first-order valence-electron chi connectivity index (χ1n) is 11.0. The van der Waals surface area contributed by atoms with Crippen molar-refractivity contribution in [2.75, 3.05) is 20.3 Å². The summed E-state index contributed by atoms with van der Waals surface area (Å²) in [4.78, 5) is 22.1. The average Bonchev–Trinajstić information content (AvgIpc) is 3.33. The van der Waals surface area contributed by atoms with Gasteiger partial charge >= 0.3 is 0 Å². The zero-order valence-corrected chi connectivity index (χ0v) is 18.5. The second-order valence-corrected chi connectivity index (χ2v) is 7.98.